The number of hydrogen-bond acceptors (Lipinski definition) is 5. The number of benzene rings is 2. The minimum atomic E-state index is -0.925. The number of halogens is 2. The molecule has 1 fully saturated rings. The molecular formula is C22H20F2N2O4S. The van der Waals surface area contributed by atoms with Gasteiger partial charge in [0.25, 0.3) is 5.91 Å². The van der Waals surface area contributed by atoms with Crippen LogP contribution in [0.3, 0.4) is 0 Å². The average molecular weight is 446 g/mol. The van der Waals surface area contributed by atoms with Crippen LogP contribution in [0.15, 0.2) is 51.8 Å². The van der Waals surface area contributed by atoms with Crippen molar-refractivity contribution in [2.75, 3.05) is 37.4 Å². The van der Waals surface area contributed by atoms with Crippen molar-refractivity contribution < 1.29 is 27.5 Å². The lowest BCUT2D eigenvalue weighted by Crippen LogP contribution is -2.40. The SMILES string of the molecule is O=C(CCSc1ccc(F)c(F)c1)Nc1c(C(=O)N2CCOCC2)oc2ccccc12. The average Bonchev–Trinajstić information content (AvgIpc) is 3.14. The van der Waals surface area contributed by atoms with Crippen LogP contribution in [0, 0.1) is 11.6 Å². The number of furan rings is 1. The molecule has 1 N–H and O–H groups in total. The molecule has 1 aliphatic heterocycles. The van der Waals surface area contributed by atoms with Gasteiger partial charge in [0.2, 0.25) is 11.7 Å². The van der Waals surface area contributed by atoms with E-state index < -0.39 is 11.6 Å². The zero-order valence-electron chi connectivity index (χ0n) is 16.5. The molecule has 2 amide bonds. The number of carbonyl (C=O) groups is 2. The van der Waals surface area contributed by atoms with Gasteiger partial charge in [-0.25, -0.2) is 8.78 Å². The number of morpholine rings is 1. The number of nitrogens with zero attached hydrogens (tertiary/aromatic N) is 1. The summed E-state index contributed by atoms with van der Waals surface area (Å²) in [4.78, 5) is 27.7. The lowest BCUT2D eigenvalue weighted by Gasteiger charge is -2.26. The Morgan fingerprint density at radius 3 is 2.61 bits per heavy atom. The summed E-state index contributed by atoms with van der Waals surface area (Å²) in [7, 11) is 0. The molecule has 162 valence electrons. The van der Waals surface area contributed by atoms with Gasteiger partial charge in [-0.05, 0) is 30.3 Å². The molecule has 2 heterocycles. The molecule has 0 radical (unpaired) electrons. The molecule has 1 aromatic heterocycles. The number of amides is 2. The third kappa shape index (κ3) is 4.88. The van der Waals surface area contributed by atoms with Gasteiger partial charge in [-0.1, -0.05) is 12.1 Å². The van der Waals surface area contributed by atoms with Crippen LogP contribution in [-0.2, 0) is 9.53 Å². The Labute approximate surface area is 181 Å². The van der Waals surface area contributed by atoms with Gasteiger partial charge in [0, 0.05) is 35.5 Å². The van der Waals surface area contributed by atoms with Crippen LogP contribution in [0.4, 0.5) is 14.5 Å². The second-order valence-corrected chi connectivity index (χ2v) is 8.10. The summed E-state index contributed by atoms with van der Waals surface area (Å²) < 4.78 is 37.4. The van der Waals surface area contributed by atoms with Gasteiger partial charge < -0.3 is 19.4 Å². The van der Waals surface area contributed by atoms with Crippen LogP contribution >= 0.6 is 11.8 Å². The van der Waals surface area contributed by atoms with Crippen molar-refractivity contribution in [2.45, 2.75) is 11.3 Å². The molecule has 9 heteroatoms. The van der Waals surface area contributed by atoms with Gasteiger partial charge in [-0.15, -0.1) is 11.8 Å². The van der Waals surface area contributed by atoms with E-state index in [1.807, 2.05) is 0 Å². The molecule has 3 aromatic rings. The van der Waals surface area contributed by atoms with Crippen LogP contribution in [0.1, 0.15) is 17.0 Å². The number of anilines is 1. The monoisotopic (exact) mass is 446 g/mol. The normalized spacial score (nSPS) is 14.1. The van der Waals surface area contributed by atoms with Crippen LogP contribution in [0.25, 0.3) is 11.0 Å². The predicted octanol–water partition coefficient (Wildman–Crippen LogP) is 4.30. The first-order valence-electron chi connectivity index (χ1n) is 9.79. The number of fused-ring (bicyclic) bond motifs is 1. The molecule has 1 aliphatic rings. The second kappa shape index (κ2) is 9.49. The number of para-hydroxylation sites is 1. The van der Waals surface area contributed by atoms with Crippen molar-refractivity contribution >= 4 is 40.2 Å². The summed E-state index contributed by atoms with van der Waals surface area (Å²) in [6.07, 6.45) is 0.119. The van der Waals surface area contributed by atoms with Gasteiger partial charge in [0.15, 0.2) is 11.6 Å². The Kier molecular flexibility index (Phi) is 6.53. The highest BCUT2D eigenvalue weighted by Crippen LogP contribution is 2.32. The first-order valence-corrected chi connectivity index (χ1v) is 10.8. The molecule has 0 bridgehead atoms. The maximum atomic E-state index is 13.3. The molecule has 0 unspecified atom stereocenters. The van der Waals surface area contributed by atoms with Crippen molar-refractivity contribution in [3.63, 3.8) is 0 Å². The highest BCUT2D eigenvalue weighted by molar-refractivity contribution is 7.99. The smallest absolute Gasteiger partial charge is 0.291 e. The molecule has 0 spiro atoms. The lowest BCUT2D eigenvalue weighted by atomic mass is 10.2. The van der Waals surface area contributed by atoms with Crippen LogP contribution in [-0.4, -0.2) is 48.8 Å². The predicted molar refractivity (Wildman–Crippen MR) is 113 cm³/mol. The second-order valence-electron chi connectivity index (χ2n) is 6.93. The maximum Gasteiger partial charge on any atom is 0.291 e. The Balaban J connectivity index is 1.46. The quantitative estimate of drug-likeness (QED) is 0.572. The minimum absolute atomic E-state index is 0.0877. The summed E-state index contributed by atoms with van der Waals surface area (Å²) in [6, 6.07) is 10.7. The van der Waals surface area contributed by atoms with Gasteiger partial charge >= 0.3 is 0 Å². The summed E-state index contributed by atoms with van der Waals surface area (Å²) in [5, 5.41) is 3.44. The van der Waals surface area contributed by atoms with Crippen LogP contribution < -0.4 is 5.32 Å². The number of hydrogen-bond donors (Lipinski definition) is 1. The molecule has 0 saturated carbocycles. The summed E-state index contributed by atoms with van der Waals surface area (Å²) >= 11 is 1.24. The first-order chi connectivity index (χ1) is 15.0. The zero-order valence-corrected chi connectivity index (χ0v) is 17.3. The number of rotatable bonds is 6. The Morgan fingerprint density at radius 1 is 1.06 bits per heavy atom. The summed E-state index contributed by atoms with van der Waals surface area (Å²) in [6.45, 7) is 1.81. The van der Waals surface area contributed by atoms with Gasteiger partial charge in [0.1, 0.15) is 11.3 Å². The van der Waals surface area contributed by atoms with Gasteiger partial charge in [-0.2, -0.15) is 0 Å². The summed E-state index contributed by atoms with van der Waals surface area (Å²) in [5.74, 6) is -2.00. The van der Waals surface area contributed by atoms with E-state index in [-0.39, 0.29) is 24.0 Å². The molecule has 0 aliphatic carbocycles. The number of carbonyl (C=O) groups excluding carboxylic acids is 2. The molecule has 0 atom stereocenters. The Hall–Kier alpha value is -2.91. The first kappa shape index (κ1) is 21.3. The van der Waals surface area contributed by atoms with Crippen molar-refractivity contribution in [1.29, 1.82) is 0 Å². The highest BCUT2D eigenvalue weighted by Gasteiger charge is 2.27. The van der Waals surface area contributed by atoms with E-state index in [0.717, 1.165) is 12.1 Å². The van der Waals surface area contributed by atoms with Crippen molar-refractivity contribution in [2.24, 2.45) is 0 Å². The van der Waals surface area contributed by atoms with E-state index in [0.29, 0.717) is 53.6 Å². The number of nitrogens with one attached hydrogen (secondary N) is 1. The van der Waals surface area contributed by atoms with Crippen molar-refractivity contribution in [3.8, 4) is 0 Å². The number of ether oxygens (including phenoxy) is 1. The topological polar surface area (TPSA) is 71.8 Å². The van der Waals surface area contributed by atoms with E-state index in [1.54, 1.807) is 29.2 Å². The Morgan fingerprint density at radius 2 is 1.84 bits per heavy atom. The zero-order chi connectivity index (χ0) is 21.8. The van der Waals surface area contributed by atoms with E-state index in [9.17, 15) is 18.4 Å². The van der Waals surface area contributed by atoms with E-state index in [2.05, 4.69) is 5.32 Å². The molecule has 4 rings (SSSR count). The minimum Gasteiger partial charge on any atom is -0.449 e. The largest absolute Gasteiger partial charge is 0.449 e. The van der Waals surface area contributed by atoms with E-state index in [4.69, 9.17) is 9.15 Å². The standard InChI is InChI=1S/C22H20F2N2O4S/c23-16-6-5-14(13-17(16)24)31-12-7-19(27)25-20-15-3-1-2-4-18(15)30-21(20)22(28)26-8-10-29-11-9-26/h1-6,13H,7-12H2,(H,25,27). The van der Waals surface area contributed by atoms with Crippen molar-refractivity contribution in [1.82, 2.24) is 4.90 Å². The van der Waals surface area contributed by atoms with Crippen molar-refractivity contribution in [3.05, 3.63) is 59.9 Å². The molecule has 1 saturated heterocycles. The fraction of sp³-hybridized carbons (Fsp3) is 0.273. The molecule has 31 heavy (non-hydrogen) atoms. The summed E-state index contributed by atoms with van der Waals surface area (Å²) in [5.41, 5.74) is 0.848. The fourth-order valence-corrected chi connectivity index (χ4v) is 4.13. The van der Waals surface area contributed by atoms with Gasteiger partial charge in [0.05, 0.1) is 13.2 Å². The fourth-order valence-electron chi connectivity index (χ4n) is 3.26. The van der Waals surface area contributed by atoms with Crippen LogP contribution in [0.2, 0.25) is 0 Å². The lowest BCUT2D eigenvalue weighted by molar-refractivity contribution is -0.115. The van der Waals surface area contributed by atoms with E-state index >= 15 is 0 Å². The third-order valence-electron chi connectivity index (χ3n) is 4.84. The number of thioether (sulfide) groups is 1. The third-order valence-corrected chi connectivity index (χ3v) is 5.84. The maximum absolute atomic E-state index is 13.3. The molecular weight excluding hydrogens is 426 g/mol. The van der Waals surface area contributed by atoms with Crippen LogP contribution in [0.5, 0.6) is 0 Å². The Bertz CT molecular complexity index is 1110. The molecule has 2 aromatic carbocycles. The van der Waals surface area contributed by atoms with Gasteiger partial charge in [-0.3, -0.25) is 9.59 Å². The molecule has 6 nitrogen and oxygen atoms in total. The highest BCUT2D eigenvalue weighted by atomic mass is 32.2. The van der Waals surface area contributed by atoms with E-state index in [1.165, 1.54) is 17.8 Å².